The van der Waals surface area contributed by atoms with Crippen LogP contribution in [-0.2, 0) is 16.0 Å². The Bertz CT molecular complexity index is 1200. The second kappa shape index (κ2) is 8.61. The predicted molar refractivity (Wildman–Crippen MR) is 111 cm³/mol. The molecule has 0 aliphatic carbocycles. The normalized spacial score (nSPS) is 10.7. The minimum Gasteiger partial charge on any atom is -0.465 e. The smallest absolute Gasteiger partial charge is 0.341 e. The summed E-state index contributed by atoms with van der Waals surface area (Å²) >= 11 is 0. The Morgan fingerprint density at radius 3 is 2.40 bits per heavy atom. The molecule has 0 amide bonds. The molecule has 0 aliphatic rings. The molecular formula is C24H19NO5. The van der Waals surface area contributed by atoms with E-state index < -0.39 is 11.9 Å². The second-order valence-electron chi connectivity index (χ2n) is 6.65. The monoisotopic (exact) mass is 401 g/mol. The number of methoxy groups -OCH3 is 1. The molecule has 4 rings (SSSR count). The fraction of sp³-hybridized carbons (Fsp3) is 0.125. The van der Waals surface area contributed by atoms with Crippen molar-refractivity contribution in [2.24, 2.45) is 0 Å². The number of hydrogen-bond acceptors (Lipinski definition) is 6. The molecule has 1 heterocycles. The highest BCUT2D eigenvalue weighted by Crippen LogP contribution is 2.27. The van der Waals surface area contributed by atoms with Gasteiger partial charge in [0.1, 0.15) is 11.3 Å². The van der Waals surface area contributed by atoms with E-state index in [4.69, 9.17) is 13.9 Å². The average Bonchev–Trinajstić information content (AvgIpc) is 3.26. The van der Waals surface area contributed by atoms with Crippen LogP contribution in [0.4, 0.5) is 0 Å². The first kappa shape index (κ1) is 19.4. The molecule has 150 valence electrons. The summed E-state index contributed by atoms with van der Waals surface area (Å²) in [6, 6.07) is 20.4. The maximum Gasteiger partial charge on any atom is 0.341 e. The lowest BCUT2D eigenvalue weighted by atomic mass is 10.1. The second-order valence-corrected chi connectivity index (χ2v) is 6.65. The third-order valence-corrected chi connectivity index (χ3v) is 4.63. The van der Waals surface area contributed by atoms with Gasteiger partial charge in [-0.3, -0.25) is 4.79 Å². The lowest BCUT2D eigenvalue weighted by Crippen LogP contribution is -2.13. The Kier molecular flexibility index (Phi) is 5.57. The van der Waals surface area contributed by atoms with E-state index in [0.29, 0.717) is 11.7 Å². The van der Waals surface area contributed by atoms with Crippen LogP contribution in [0.3, 0.4) is 0 Å². The van der Waals surface area contributed by atoms with E-state index in [1.807, 2.05) is 54.6 Å². The standard InChI is InChI=1S/C24H19NO5/c1-28-24(27)19-13-17-9-5-6-10-18(17)14-20(19)30-23(26)12-11-22-25-15-21(29-22)16-7-3-2-4-8-16/h2-10,13-15H,11-12H2,1H3. The SMILES string of the molecule is COC(=O)c1cc2ccccc2cc1OC(=O)CCc1ncc(-c2ccccc2)o1. The van der Waals surface area contributed by atoms with E-state index in [9.17, 15) is 9.59 Å². The number of esters is 2. The topological polar surface area (TPSA) is 78.6 Å². The summed E-state index contributed by atoms with van der Waals surface area (Å²) in [4.78, 5) is 28.8. The summed E-state index contributed by atoms with van der Waals surface area (Å²) in [6.07, 6.45) is 1.98. The zero-order valence-corrected chi connectivity index (χ0v) is 16.3. The van der Waals surface area contributed by atoms with Gasteiger partial charge in [-0.15, -0.1) is 0 Å². The predicted octanol–water partition coefficient (Wildman–Crippen LogP) is 4.82. The van der Waals surface area contributed by atoms with Gasteiger partial charge in [0, 0.05) is 12.0 Å². The van der Waals surface area contributed by atoms with E-state index >= 15 is 0 Å². The first-order valence-corrected chi connectivity index (χ1v) is 9.46. The quantitative estimate of drug-likeness (QED) is 0.340. The van der Waals surface area contributed by atoms with Gasteiger partial charge in [-0.25, -0.2) is 9.78 Å². The van der Waals surface area contributed by atoms with Crippen molar-refractivity contribution in [2.45, 2.75) is 12.8 Å². The molecule has 0 spiro atoms. The molecule has 0 N–H and O–H groups in total. The summed E-state index contributed by atoms with van der Waals surface area (Å²) < 4.78 is 16.0. The largest absolute Gasteiger partial charge is 0.465 e. The number of aromatic nitrogens is 1. The first-order valence-electron chi connectivity index (χ1n) is 9.46. The van der Waals surface area contributed by atoms with E-state index in [-0.39, 0.29) is 24.2 Å². The molecule has 0 atom stereocenters. The zero-order valence-electron chi connectivity index (χ0n) is 16.3. The van der Waals surface area contributed by atoms with E-state index in [1.165, 1.54) is 7.11 Å². The molecule has 0 fully saturated rings. The molecule has 0 saturated carbocycles. The highest BCUT2D eigenvalue weighted by atomic mass is 16.5. The van der Waals surface area contributed by atoms with Crippen molar-refractivity contribution < 1.29 is 23.5 Å². The molecular weight excluding hydrogens is 382 g/mol. The fourth-order valence-electron chi connectivity index (χ4n) is 3.12. The number of aryl methyl sites for hydroxylation is 1. The molecule has 6 heteroatoms. The van der Waals surface area contributed by atoms with Crippen LogP contribution in [0, 0.1) is 0 Å². The first-order chi connectivity index (χ1) is 14.6. The maximum absolute atomic E-state index is 12.4. The van der Waals surface area contributed by atoms with Crippen molar-refractivity contribution in [1.82, 2.24) is 4.98 Å². The Morgan fingerprint density at radius 1 is 0.967 bits per heavy atom. The number of hydrogen-bond donors (Lipinski definition) is 0. The number of carbonyl (C=O) groups is 2. The van der Waals surface area contributed by atoms with E-state index in [2.05, 4.69) is 4.98 Å². The molecule has 0 bridgehead atoms. The van der Waals surface area contributed by atoms with Crippen molar-refractivity contribution in [3.05, 3.63) is 84.4 Å². The minimum atomic E-state index is -0.566. The number of fused-ring (bicyclic) bond motifs is 1. The van der Waals surface area contributed by atoms with Crippen LogP contribution < -0.4 is 4.74 Å². The summed E-state index contributed by atoms with van der Waals surface area (Å²) in [6.45, 7) is 0. The number of nitrogens with zero attached hydrogens (tertiary/aromatic N) is 1. The van der Waals surface area contributed by atoms with Gasteiger partial charge in [-0.05, 0) is 22.9 Å². The Morgan fingerprint density at radius 2 is 1.67 bits per heavy atom. The lowest BCUT2D eigenvalue weighted by molar-refractivity contribution is -0.134. The van der Waals surface area contributed by atoms with Gasteiger partial charge in [0.25, 0.3) is 0 Å². The van der Waals surface area contributed by atoms with E-state index in [1.54, 1.807) is 18.3 Å². The van der Waals surface area contributed by atoms with Gasteiger partial charge < -0.3 is 13.9 Å². The van der Waals surface area contributed by atoms with Crippen molar-refractivity contribution in [1.29, 1.82) is 0 Å². The van der Waals surface area contributed by atoms with Gasteiger partial charge in [0.2, 0.25) is 0 Å². The number of carbonyl (C=O) groups excluding carboxylic acids is 2. The van der Waals surface area contributed by atoms with Crippen LogP contribution in [0.25, 0.3) is 22.1 Å². The van der Waals surface area contributed by atoms with Gasteiger partial charge in [0.05, 0.1) is 19.7 Å². The Balaban J connectivity index is 1.47. The number of benzene rings is 3. The third kappa shape index (κ3) is 4.22. The molecule has 0 aliphatic heterocycles. The third-order valence-electron chi connectivity index (χ3n) is 4.63. The Labute approximate surface area is 173 Å². The molecule has 1 aromatic heterocycles. The molecule has 3 aromatic carbocycles. The summed E-state index contributed by atoms with van der Waals surface area (Å²) in [7, 11) is 1.29. The number of oxazole rings is 1. The summed E-state index contributed by atoms with van der Waals surface area (Å²) in [5.74, 6) is 0.195. The average molecular weight is 401 g/mol. The molecule has 0 saturated heterocycles. The van der Waals surface area contributed by atoms with Crippen LogP contribution in [0.1, 0.15) is 22.7 Å². The van der Waals surface area contributed by atoms with Crippen LogP contribution in [0.2, 0.25) is 0 Å². The maximum atomic E-state index is 12.4. The lowest BCUT2D eigenvalue weighted by Gasteiger charge is -2.10. The zero-order chi connectivity index (χ0) is 20.9. The molecule has 0 radical (unpaired) electrons. The highest BCUT2D eigenvalue weighted by Gasteiger charge is 2.18. The van der Waals surface area contributed by atoms with Crippen molar-refractivity contribution in [2.75, 3.05) is 7.11 Å². The van der Waals surface area contributed by atoms with Gasteiger partial charge >= 0.3 is 11.9 Å². The van der Waals surface area contributed by atoms with Crippen LogP contribution >= 0.6 is 0 Å². The fourth-order valence-corrected chi connectivity index (χ4v) is 3.12. The Hall–Kier alpha value is -3.93. The number of ether oxygens (including phenoxy) is 2. The summed E-state index contributed by atoms with van der Waals surface area (Å²) in [5.41, 5.74) is 1.12. The van der Waals surface area contributed by atoms with Crippen molar-refractivity contribution in [3.8, 4) is 17.1 Å². The molecule has 4 aromatic rings. The highest BCUT2D eigenvalue weighted by molar-refractivity contribution is 5.99. The molecule has 6 nitrogen and oxygen atoms in total. The van der Waals surface area contributed by atoms with Crippen molar-refractivity contribution >= 4 is 22.7 Å². The number of rotatable bonds is 6. The molecule has 0 unspecified atom stereocenters. The van der Waals surface area contributed by atoms with Crippen LogP contribution in [0.5, 0.6) is 5.75 Å². The van der Waals surface area contributed by atoms with Crippen LogP contribution in [-0.4, -0.2) is 24.0 Å². The molecule has 30 heavy (non-hydrogen) atoms. The van der Waals surface area contributed by atoms with Gasteiger partial charge in [0.15, 0.2) is 11.7 Å². The minimum absolute atomic E-state index is 0.0577. The summed E-state index contributed by atoms with van der Waals surface area (Å²) in [5, 5.41) is 1.71. The van der Waals surface area contributed by atoms with Crippen molar-refractivity contribution in [3.63, 3.8) is 0 Å². The van der Waals surface area contributed by atoms with Gasteiger partial charge in [-0.1, -0.05) is 54.6 Å². The van der Waals surface area contributed by atoms with E-state index in [0.717, 1.165) is 16.3 Å². The van der Waals surface area contributed by atoms with Gasteiger partial charge in [-0.2, -0.15) is 0 Å². The van der Waals surface area contributed by atoms with Crippen LogP contribution in [0.15, 0.2) is 77.3 Å².